The van der Waals surface area contributed by atoms with Gasteiger partial charge < -0.3 is 9.88 Å². The van der Waals surface area contributed by atoms with Gasteiger partial charge in [-0.2, -0.15) is 0 Å². The molecule has 0 aliphatic rings. The molecule has 3 rings (SSSR count). The van der Waals surface area contributed by atoms with E-state index in [0.29, 0.717) is 16.7 Å². The number of hydrogen-bond acceptors (Lipinski definition) is 4. The lowest BCUT2D eigenvalue weighted by Crippen LogP contribution is -2.15. The monoisotopic (exact) mass is 400 g/mol. The van der Waals surface area contributed by atoms with E-state index in [1.54, 1.807) is 0 Å². The van der Waals surface area contributed by atoms with Gasteiger partial charge in [0, 0.05) is 22.8 Å². The number of rotatable bonds is 7. The first kappa shape index (κ1) is 19.5. The third-order valence-corrected chi connectivity index (χ3v) is 5.32. The summed E-state index contributed by atoms with van der Waals surface area (Å²) in [5, 5.41) is 12.9. The Labute approximate surface area is 168 Å². The van der Waals surface area contributed by atoms with Crippen LogP contribution in [0.25, 0.3) is 11.4 Å². The van der Waals surface area contributed by atoms with Gasteiger partial charge in [-0.1, -0.05) is 60.6 Å². The maximum atomic E-state index is 12.4. The Kier molecular flexibility index (Phi) is 6.53. The SMILES string of the molecule is CCc1ccccc1NC(=O)CSc1nnc(-c2cccc(Cl)c2)n1CC. The molecule has 0 saturated carbocycles. The van der Waals surface area contributed by atoms with Crippen LogP contribution >= 0.6 is 23.4 Å². The number of para-hydroxylation sites is 1. The maximum absolute atomic E-state index is 12.4. The number of aryl methyl sites for hydroxylation is 1. The number of halogens is 1. The molecule has 0 aliphatic carbocycles. The standard InChI is InChI=1S/C20H21ClN4OS/c1-3-14-8-5-6-11-17(14)22-18(26)13-27-20-24-23-19(25(20)4-2)15-9-7-10-16(21)12-15/h5-12H,3-4,13H2,1-2H3,(H,22,26). The summed E-state index contributed by atoms with van der Waals surface area (Å²) < 4.78 is 1.99. The Hall–Kier alpha value is -2.31. The number of anilines is 1. The molecule has 1 heterocycles. The highest BCUT2D eigenvalue weighted by molar-refractivity contribution is 7.99. The van der Waals surface area contributed by atoms with E-state index in [9.17, 15) is 4.79 Å². The van der Waals surface area contributed by atoms with Crippen LogP contribution < -0.4 is 5.32 Å². The minimum Gasteiger partial charge on any atom is -0.325 e. The molecule has 0 unspecified atom stereocenters. The van der Waals surface area contributed by atoms with Crippen molar-refractivity contribution in [2.45, 2.75) is 32.0 Å². The fourth-order valence-electron chi connectivity index (χ4n) is 2.79. The lowest BCUT2D eigenvalue weighted by Gasteiger charge is -2.10. The van der Waals surface area contributed by atoms with E-state index in [1.165, 1.54) is 11.8 Å². The van der Waals surface area contributed by atoms with Crippen molar-refractivity contribution in [3.8, 4) is 11.4 Å². The first-order valence-electron chi connectivity index (χ1n) is 8.82. The van der Waals surface area contributed by atoms with Crippen LogP contribution in [0, 0.1) is 0 Å². The van der Waals surface area contributed by atoms with E-state index < -0.39 is 0 Å². The van der Waals surface area contributed by atoms with Crippen LogP contribution in [0.15, 0.2) is 53.7 Å². The summed E-state index contributed by atoms with van der Waals surface area (Å²) >= 11 is 7.46. The number of thioether (sulfide) groups is 1. The van der Waals surface area contributed by atoms with Crippen LogP contribution in [0.3, 0.4) is 0 Å². The molecule has 0 spiro atoms. The number of hydrogen-bond donors (Lipinski definition) is 1. The van der Waals surface area contributed by atoms with Gasteiger partial charge in [0.05, 0.1) is 5.75 Å². The van der Waals surface area contributed by atoms with Crippen molar-refractivity contribution < 1.29 is 4.79 Å². The fraction of sp³-hybridized carbons (Fsp3) is 0.250. The van der Waals surface area contributed by atoms with Crippen molar-refractivity contribution in [3.05, 3.63) is 59.1 Å². The Morgan fingerprint density at radius 2 is 1.96 bits per heavy atom. The highest BCUT2D eigenvalue weighted by Crippen LogP contribution is 2.26. The van der Waals surface area contributed by atoms with Gasteiger partial charge in [-0.05, 0) is 37.1 Å². The Morgan fingerprint density at radius 3 is 2.70 bits per heavy atom. The molecule has 3 aromatic rings. The Bertz CT molecular complexity index is 941. The van der Waals surface area contributed by atoms with Crippen LogP contribution in [-0.4, -0.2) is 26.4 Å². The summed E-state index contributed by atoms with van der Waals surface area (Å²) in [6.45, 7) is 4.80. The summed E-state index contributed by atoms with van der Waals surface area (Å²) in [5.41, 5.74) is 2.89. The number of carbonyl (C=O) groups is 1. The first-order chi connectivity index (χ1) is 13.1. The molecule has 7 heteroatoms. The van der Waals surface area contributed by atoms with Crippen molar-refractivity contribution in [2.24, 2.45) is 0 Å². The summed E-state index contributed by atoms with van der Waals surface area (Å²) in [6, 6.07) is 15.4. The zero-order chi connectivity index (χ0) is 19.2. The van der Waals surface area contributed by atoms with E-state index >= 15 is 0 Å². The van der Waals surface area contributed by atoms with Crippen molar-refractivity contribution in [2.75, 3.05) is 11.1 Å². The maximum Gasteiger partial charge on any atom is 0.234 e. The second kappa shape index (κ2) is 9.06. The van der Waals surface area contributed by atoms with E-state index in [0.717, 1.165) is 29.1 Å². The number of benzene rings is 2. The van der Waals surface area contributed by atoms with Gasteiger partial charge in [0.2, 0.25) is 5.91 Å². The summed E-state index contributed by atoms with van der Waals surface area (Å²) in [7, 11) is 0. The third kappa shape index (κ3) is 4.70. The van der Waals surface area contributed by atoms with Gasteiger partial charge >= 0.3 is 0 Å². The highest BCUT2D eigenvalue weighted by Gasteiger charge is 2.15. The summed E-state index contributed by atoms with van der Waals surface area (Å²) in [6.07, 6.45) is 0.872. The number of nitrogens with one attached hydrogen (secondary N) is 1. The van der Waals surface area contributed by atoms with Crippen LogP contribution in [-0.2, 0) is 17.8 Å². The first-order valence-corrected chi connectivity index (χ1v) is 10.2. The second-order valence-corrected chi connectivity index (χ2v) is 7.29. The molecule has 1 aromatic heterocycles. The van der Waals surface area contributed by atoms with Gasteiger partial charge in [-0.25, -0.2) is 0 Å². The topological polar surface area (TPSA) is 59.8 Å². The molecule has 0 fully saturated rings. The zero-order valence-electron chi connectivity index (χ0n) is 15.3. The lowest BCUT2D eigenvalue weighted by molar-refractivity contribution is -0.113. The Morgan fingerprint density at radius 1 is 1.15 bits per heavy atom. The van der Waals surface area contributed by atoms with Crippen LogP contribution in [0.2, 0.25) is 5.02 Å². The summed E-state index contributed by atoms with van der Waals surface area (Å²) in [5.74, 6) is 0.959. The number of carbonyl (C=O) groups excluding carboxylic acids is 1. The average Bonchev–Trinajstić information content (AvgIpc) is 3.09. The molecule has 0 saturated heterocycles. The minimum absolute atomic E-state index is 0.0594. The van der Waals surface area contributed by atoms with E-state index in [-0.39, 0.29) is 11.7 Å². The van der Waals surface area contributed by atoms with Crippen molar-refractivity contribution >= 4 is 35.0 Å². The smallest absolute Gasteiger partial charge is 0.234 e. The molecule has 2 aromatic carbocycles. The van der Waals surface area contributed by atoms with Crippen LogP contribution in [0.5, 0.6) is 0 Å². The number of amides is 1. The predicted molar refractivity (Wildman–Crippen MR) is 111 cm³/mol. The van der Waals surface area contributed by atoms with E-state index in [1.807, 2.05) is 60.0 Å². The number of aromatic nitrogens is 3. The Balaban J connectivity index is 1.70. The van der Waals surface area contributed by atoms with Gasteiger partial charge in [0.1, 0.15) is 0 Å². The molecule has 0 aliphatic heterocycles. The van der Waals surface area contributed by atoms with Crippen LogP contribution in [0.1, 0.15) is 19.4 Å². The van der Waals surface area contributed by atoms with E-state index in [4.69, 9.17) is 11.6 Å². The molecule has 140 valence electrons. The highest BCUT2D eigenvalue weighted by atomic mass is 35.5. The average molecular weight is 401 g/mol. The summed E-state index contributed by atoms with van der Waals surface area (Å²) in [4.78, 5) is 12.4. The molecule has 0 radical (unpaired) electrons. The molecule has 27 heavy (non-hydrogen) atoms. The molecule has 0 bridgehead atoms. The second-order valence-electron chi connectivity index (χ2n) is 5.91. The van der Waals surface area contributed by atoms with Crippen molar-refractivity contribution in [1.82, 2.24) is 14.8 Å². The van der Waals surface area contributed by atoms with Crippen molar-refractivity contribution in [1.29, 1.82) is 0 Å². The van der Waals surface area contributed by atoms with Gasteiger partial charge in [-0.3, -0.25) is 4.79 Å². The molecule has 1 N–H and O–H groups in total. The number of nitrogens with zero attached hydrogens (tertiary/aromatic N) is 3. The van der Waals surface area contributed by atoms with E-state index in [2.05, 4.69) is 22.4 Å². The van der Waals surface area contributed by atoms with Gasteiger partial charge in [0.15, 0.2) is 11.0 Å². The fourth-order valence-corrected chi connectivity index (χ4v) is 3.78. The largest absolute Gasteiger partial charge is 0.325 e. The van der Waals surface area contributed by atoms with Gasteiger partial charge in [-0.15, -0.1) is 10.2 Å². The molecule has 1 amide bonds. The van der Waals surface area contributed by atoms with Crippen LogP contribution in [0.4, 0.5) is 5.69 Å². The third-order valence-electron chi connectivity index (χ3n) is 4.12. The van der Waals surface area contributed by atoms with Crippen molar-refractivity contribution in [3.63, 3.8) is 0 Å². The normalized spacial score (nSPS) is 10.8. The quantitative estimate of drug-likeness (QED) is 0.572. The zero-order valence-corrected chi connectivity index (χ0v) is 16.8. The molecular weight excluding hydrogens is 380 g/mol. The molecular formula is C20H21ClN4OS. The van der Waals surface area contributed by atoms with Gasteiger partial charge in [0.25, 0.3) is 0 Å². The molecule has 5 nitrogen and oxygen atoms in total. The molecule has 0 atom stereocenters. The lowest BCUT2D eigenvalue weighted by atomic mass is 10.1. The predicted octanol–water partition coefficient (Wildman–Crippen LogP) is 4.91. The minimum atomic E-state index is -0.0594.